The Morgan fingerprint density at radius 2 is 1.14 bits per heavy atom. The van der Waals surface area contributed by atoms with Gasteiger partial charge in [0.25, 0.3) is 0 Å². The summed E-state index contributed by atoms with van der Waals surface area (Å²) in [7, 11) is -6.55. The normalized spacial score (nSPS) is 12.0. The Morgan fingerprint density at radius 1 is 0.762 bits per heavy atom. The zero-order chi connectivity index (χ0) is 16.8. The lowest BCUT2D eigenvalue weighted by Gasteiger charge is -2.28. The predicted molar refractivity (Wildman–Crippen MR) is 83.1 cm³/mol. The molecule has 0 atom stereocenters. The van der Waals surface area contributed by atoms with E-state index in [2.05, 4.69) is 4.43 Å². The molecular formula is C11H31NO7Si2. The molecule has 0 aliphatic carbocycles. The molecule has 0 rings (SSSR count). The summed E-state index contributed by atoms with van der Waals surface area (Å²) in [6.45, 7) is 10.1. The van der Waals surface area contributed by atoms with Gasteiger partial charge in [0, 0.05) is 32.5 Å². The van der Waals surface area contributed by atoms with Crippen molar-refractivity contribution in [3.8, 4) is 0 Å². The van der Waals surface area contributed by atoms with Gasteiger partial charge >= 0.3 is 17.9 Å². The number of hydrogen-bond donors (Lipinski definition) is 4. The molecule has 0 amide bonds. The van der Waals surface area contributed by atoms with Gasteiger partial charge in [-0.15, -0.1) is 0 Å². The highest BCUT2D eigenvalue weighted by molar-refractivity contribution is 6.60. The average Bonchev–Trinajstić information content (AvgIpc) is 2.37. The lowest BCUT2D eigenvalue weighted by molar-refractivity contribution is 0.0682. The Kier molecular flexibility index (Phi) is 15.3. The van der Waals surface area contributed by atoms with E-state index in [-0.39, 0.29) is 6.61 Å². The van der Waals surface area contributed by atoms with Crippen LogP contribution in [0.1, 0.15) is 34.1 Å². The largest absolute Gasteiger partial charge is 0.671 e. The van der Waals surface area contributed by atoms with Crippen LogP contribution in [-0.2, 0) is 17.7 Å². The lowest BCUT2D eigenvalue weighted by Crippen LogP contribution is -2.46. The fourth-order valence-corrected chi connectivity index (χ4v) is 4.54. The van der Waals surface area contributed by atoms with Gasteiger partial charge in [-0.2, -0.15) is 0 Å². The van der Waals surface area contributed by atoms with Crippen molar-refractivity contribution in [2.45, 2.75) is 40.2 Å². The second-order valence-electron chi connectivity index (χ2n) is 3.88. The molecule has 130 valence electrons. The van der Waals surface area contributed by atoms with E-state index < -0.39 is 17.9 Å². The van der Waals surface area contributed by atoms with Crippen LogP contribution in [-0.4, -0.2) is 65.2 Å². The second-order valence-corrected chi connectivity index (χ2v) is 8.05. The zero-order valence-electron chi connectivity index (χ0n) is 13.5. The van der Waals surface area contributed by atoms with Gasteiger partial charge in [-0.3, -0.25) is 0 Å². The van der Waals surface area contributed by atoms with Crippen molar-refractivity contribution in [1.29, 1.82) is 0 Å². The SMILES string of the molecule is CCO[Si](CCCN)(OCC)OCC.CCO[Si](O)(O)O. The van der Waals surface area contributed by atoms with Gasteiger partial charge in [0.05, 0.1) is 0 Å². The van der Waals surface area contributed by atoms with Gasteiger partial charge in [-0.1, -0.05) is 0 Å². The monoisotopic (exact) mass is 345 g/mol. The van der Waals surface area contributed by atoms with Crippen molar-refractivity contribution in [2.75, 3.05) is 33.0 Å². The molecular weight excluding hydrogens is 314 g/mol. The maximum Gasteiger partial charge on any atom is 0.671 e. The quantitative estimate of drug-likeness (QED) is 0.380. The molecule has 10 heteroatoms. The molecule has 0 aliphatic heterocycles. The molecule has 0 saturated carbocycles. The molecule has 0 aromatic rings. The standard InChI is InChI=1S/C9H23NO3Si.C2H8O4Si/c1-4-11-14(12-5-2,13-6-3)9-7-8-10;1-2-6-7(3,4)5/h4-10H2,1-3H3;3-5H,2H2,1H3. The Morgan fingerprint density at radius 3 is 1.33 bits per heavy atom. The summed E-state index contributed by atoms with van der Waals surface area (Å²) in [4.78, 5) is 24.1. The van der Waals surface area contributed by atoms with Crippen LogP contribution in [0.5, 0.6) is 0 Å². The van der Waals surface area contributed by atoms with Crippen molar-refractivity contribution in [1.82, 2.24) is 0 Å². The fourth-order valence-electron chi connectivity index (χ4n) is 1.51. The molecule has 21 heavy (non-hydrogen) atoms. The Labute approximate surface area is 129 Å². The van der Waals surface area contributed by atoms with Crippen LogP contribution in [0, 0.1) is 0 Å². The van der Waals surface area contributed by atoms with Gasteiger partial charge in [-0.05, 0) is 40.7 Å². The van der Waals surface area contributed by atoms with Gasteiger partial charge in [0.15, 0.2) is 0 Å². The van der Waals surface area contributed by atoms with Crippen LogP contribution < -0.4 is 5.73 Å². The minimum Gasteiger partial charge on any atom is -0.374 e. The zero-order valence-corrected chi connectivity index (χ0v) is 15.5. The van der Waals surface area contributed by atoms with Gasteiger partial charge in [0.2, 0.25) is 0 Å². The minimum absolute atomic E-state index is 0.121. The van der Waals surface area contributed by atoms with E-state index in [0.717, 1.165) is 12.5 Å². The van der Waals surface area contributed by atoms with Crippen LogP contribution in [0.25, 0.3) is 0 Å². The third-order valence-electron chi connectivity index (χ3n) is 2.12. The van der Waals surface area contributed by atoms with Crippen LogP contribution in [0.4, 0.5) is 0 Å². The van der Waals surface area contributed by atoms with Gasteiger partial charge in [-0.25, -0.2) is 0 Å². The topological polar surface area (TPSA) is 124 Å². The molecule has 0 fully saturated rings. The molecule has 0 aliphatic rings. The number of nitrogens with two attached hydrogens (primary N) is 1. The predicted octanol–water partition coefficient (Wildman–Crippen LogP) is -0.181. The summed E-state index contributed by atoms with van der Waals surface area (Å²) in [5.74, 6) is 0. The van der Waals surface area contributed by atoms with Crippen molar-refractivity contribution in [3.05, 3.63) is 0 Å². The Hall–Kier alpha value is 0.114. The lowest BCUT2D eigenvalue weighted by atomic mass is 10.5. The molecule has 0 aromatic carbocycles. The number of hydrogen-bond acceptors (Lipinski definition) is 8. The van der Waals surface area contributed by atoms with Crippen LogP contribution in [0.3, 0.4) is 0 Å². The first-order valence-electron chi connectivity index (χ1n) is 7.23. The number of rotatable bonds is 11. The molecule has 8 nitrogen and oxygen atoms in total. The first-order valence-corrected chi connectivity index (χ1v) is 10.9. The van der Waals surface area contributed by atoms with Crippen molar-refractivity contribution in [3.63, 3.8) is 0 Å². The maximum atomic E-state index is 8.05. The van der Waals surface area contributed by atoms with E-state index in [1.807, 2.05) is 20.8 Å². The molecule has 0 bridgehead atoms. The molecule has 0 aromatic heterocycles. The maximum absolute atomic E-state index is 8.05. The van der Waals surface area contributed by atoms with Gasteiger partial charge < -0.3 is 37.8 Å². The Bertz CT molecular complexity index is 212. The van der Waals surface area contributed by atoms with E-state index in [0.29, 0.717) is 26.4 Å². The van der Waals surface area contributed by atoms with E-state index in [1.54, 1.807) is 6.92 Å². The van der Waals surface area contributed by atoms with Crippen molar-refractivity contribution < 1.29 is 32.1 Å². The van der Waals surface area contributed by atoms with E-state index in [9.17, 15) is 0 Å². The van der Waals surface area contributed by atoms with Gasteiger partial charge in [0.1, 0.15) is 0 Å². The first-order chi connectivity index (χ1) is 9.80. The van der Waals surface area contributed by atoms with Crippen molar-refractivity contribution >= 4 is 17.9 Å². The summed E-state index contributed by atoms with van der Waals surface area (Å²) >= 11 is 0. The summed E-state index contributed by atoms with van der Waals surface area (Å²) in [6.07, 6.45) is 0.895. The molecule has 5 N–H and O–H groups in total. The van der Waals surface area contributed by atoms with Crippen LogP contribution >= 0.6 is 0 Å². The van der Waals surface area contributed by atoms with E-state index in [4.69, 9.17) is 33.4 Å². The van der Waals surface area contributed by atoms with Crippen LogP contribution in [0.2, 0.25) is 6.04 Å². The smallest absolute Gasteiger partial charge is 0.374 e. The third kappa shape index (κ3) is 14.8. The minimum atomic E-state index is -4.16. The van der Waals surface area contributed by atoms with E-state index in [1.165, 1.54) is 0 Å². The highest BCUT2D eigenvalue weighted by Gasteiger charge is 2.39. The summed E-state index contributed by atoms with van der Waals surface area (Å²) < 4.78 is 21.0. The van der Waals surface area contributed by atoms with E-state index >= 15 is 0 Å². The molecule has 0 radical (unpaired) electrons. The van der Waals surface area contributed by atoms with Crippen molar-refractivity contribution in [2.24, 2.45) is 5.73 Å². The summed E-state index contributed by atoms with van der Waals surface area (Å²) in [5, 5.41) is 0. The molecule has 0 unspecified atom stereocenters. The summed E-state index contributed by atoms with van der Waals surface area (Å²) in [5.41, 5.74) is 5.48. The molecule has 0 spiro atoms. The highest BCUT2D eigenvalue weighted by atomic mass is 28.4. The Balaban J connectivity index is 0. The molecule has 0 saturated heterocycles. The average molecular weight is 346 g/mol. The third-order valence-corrected chi connectivity index (χ3v) is 5.95. The summed E-state index contributed by atoms with van der Waals surface area (Å²) in [6, 6.07) is 0.818. The second kappa shape index (κ2) is 13.8. The van der Waals surface area contributed by atoms with Crippen LogP contribution in [0.15, 0.2) is 0 Å². The molecule has 0 heterocycles. The fraction of sp³-hybridized carbons (Fsp3) is 1.00. The highest BCUT2D eigenvalue weighted by Crippen LogP contribution is 2.17. The first kappa shape index (κ1) is 23.4.